The highest BCUT2D eigenvalue weighted by atomic mass is 16.5. The number of benzene rings is 1. The zero-order chi connectivity index (χ0) is 13.2. The van der Waals surface area contributed by atoms with Crippen molar-refractivity contribution in [2.45, 2.75) is 6.92 Å². The van der Waals surface area contributed by atoms with Crippen molar-refractivity contribution in [3.05, 3.63) is 54.4 Å². The van der Waals surface area contributed by atoms with Crippen LogP contribution in [-0.4, -0.2) is 9.97 Å². The first kappa shape index (κ1) is 11.5. The number of aryl methyl sites for hydroxylation is 1. The molecule has 1 aromatic carbocycles. The van der Waals surface area contributed by atoms with Crippen molar-refractivity contribution >= 4 is 16.6 Å². The molecule has 2 heterocycles. The Kier molecular flexibility index (Phi) is 2.76. The van der Waals surface area contributed by atoms with Gasteiger partial charge in [-0.2, -0.15) is 0 Å². The van der Waals surface area contributed by atoms with E-state index in [1.807, 2.05) is 37.3 Å². The molecule has 0 aliphatic rings. The summed E-state index contributed by atoms with van der Waals surface area (Å²) in [6.45, 7) is 1.85. The third kappa shape index (κ3) is 2.33. The van der Waals surface area contributed by atoms with E-state index in [0.717, 1.165) is 16.6 Å². The molecule has 0 atom stereocenters. The van der Waals surface area contributed by atoms with Gasteiger partial charge in [0.25, 0.3) is 0 Å². The smallest absolute Gasteiger partial charge is 0.219 e. The first-order chi connectivity index (χ1) is 9.22. The van der Waals surface area contributed by atoms with Crippen molar-refractivity contribution in [2.75, 3.05) is 5.73 Å². The maximum atomic E-state index is 5.73. The molecule has 2 N–H and O–H groups in total. The average Bonchev–Trinajstić information content (AvgIpc) is 2.43. The molecule has 0 unspecified atom stereocenters. The number of hydrogen-bond acceptors (Lipinski definition) is 4. The maximum Gasteiger partial charge on any atom is 0.219 e. The number of nitrogen functional groups attached to an aromatic ring is 1. The van der Waals surface area contributed by atoms with Crippen molar-refractivity contribution < 1.29 is 4.74 Å². The quantitative estimate of drug-likeness (QED) is 0.759. The SMILES string of the molecule is Cc1nc(Oc2cnc3ccccc3c2)ccc1N. The molecular weight excluding hydrogens is 238 g/mol. The lowest BCUT2D eigenvalue weighted by Crippen LogP contribution is -1.95. The second-order valence-electron chi connectivity index (χ2n) is 4.29. The summed E-state index contributed by atoms with van der Waals surface area (Å²) < 4.78 is 5.69. The predicted octanol–water partition coefficient (Wildman–Crippen LogP) is 3.31. The normalized spacial score (nSPS) is 10.6. The molecule has 19 heavy (non-hydrogen) atoms. The molecule has 2 aromatic heterocycles. The second kappa shape index (κ2) is 4.57. The monoisotopic (exact) mass is 251 g/mol. The van der Waals surface area contributed by atoms with E-state index in [4.69, 9.17) is 10.5 Å². The number of ether oxygens (including phenoxy) is 1. The van der Waals surface area contributed by atoms with Gasteiger partial charge in [0.2, 0.25) is 5.88 Å². The third-order valence-electron chi connectivity index (χ3n) is 2.89. The van der Waals surface area contributed by atoms with E-state index < -0.39 is 0 Å². The molecule has 0 saturated heterocycles. The molecule has 0 aliphatic carbocycles. The predicted molar refractivity (Wildman–Crippen MR) is 75.2 cm³/mol. The van der Waals surface area contributed by atoms with Crippen LogP contribution in [0, 0.1) is 6.92 Å². The molecule has 0 radical (unpaired) electrons. The highest BCUT2D eigenvalue weighted by molar-refractivity contribution is 5.79. The van der Waals surface area contributed by atoms with Gasteiger partial charge < -0.3 is 10.5 Å². The Morgan fingerprint density at radius 3 is 2.79 bits per heavy atom. The van der Waals surface area contributed by atoms with E-state index in [2.05, 4.69) is 9.97 Å². The second-order valence-corrected chi connectivity index (χ2v) is 4.29. The maximum absolute atomic E-state index is 5.73. The van der Waals surface area contributed by atoms with E-state index in [1.54, 1.807) is 18.3 Å². The van der Waals surface area contributed by atoms with Gasteiger partial charge >= 0.3 is 0 Å². The fourth-order valence-corrected chi connectivity index (χ4v) is 1.83. The van der Waals surface area contributed by atoms with Crippen molar-refractivity contribution in [3.63, 3.8) is 0 Å². The lowest BCUT2D eigenvalue weighted by Gasteiger charge is -2.07. The summed E-state index contributed by atoms with van der Waals surface area (Å²) in [5, 5.41) is 1.03. The molecule has 0 aliphatic heterocycles. The Hall–Kier alpha value is -2.62. The number of anilines is 1. The van der Waals surface area contributed by atoms with Crippen LogP contribution in [0.4, 0.5) is 5.69 Å². The number of rotatable bonds is 2. The van der Waals surface area contributed by atoms with Gasteiger partial charge in [-0.3, -0.25) is 4.98 Å². The Morgan fingerprint density at radius 2 is 1.95 bits per heavy atom. The lowest BCUT2D eigenvalue weighted by molar-refractivity contribution is 0.461. The molecule has 94 valence electrons. The van der Waals surface area contributed by atoms with E-state index in [9.17, 15) is 0 Å². The van der Waals surface area contributed by atoms with Gasteiger partial charge in [0.15, 0.2) is 0 Å². The lowest BCUT2D eigenvalue weighted by atomic mass is 10.2. The van der Waals surface area contributed by atoms with Gasteiger partial charge in [-0.15, -0.1) is 0 Å². The van der Waals surface area contributed by atoms with E-state index in [-0.39, 0.29) is 0 Å². The van der Waals surface area contributed by atoms with E-state index in [1.165, 1.54) is 0 Å². The summed E-state index contributed by atoms with van der Waals surface area (Å²) in [6, 6.07) is 13.4. The fourth-order valence-electron chi connectivity index (χ4n) is 1.83. The Morgan fingerprint density at radius 1 is 1.11 bits per heavy atom. The molecule has 0 amide bonds. The first-order valence-electron chi connectivity index (χ1n) is 5.98. The Labute approximate surface area is 110 Å². The van der Waals surface area contributed by atoms with Crippen LogP contribution in [0.1, 0.15) is 5.69 Å². The third-order valence-corrected chi connectivity index (χ3v) is 2.89. The van der Waals surface area contributed by atoms with Crippen LogP contribution in [-0.2, 0) is 0 Å². The molecule has 0 bridgehead atoms. The average molecular weight is 251 g/mol. The van der Waals surface area contributed by atoms with Gasteiger partial charge in [-0.25, -0.2) is 4.98 Å². The van der Waals surface area contributed by atoms with Gasteiger partial charge in [0, 0.05) is 11.5 Å². The number of pyridine rings is 2. The number of para-hydroxylation sites is 1. The van der Waals surface area contributed by atoms with Crippen LogP contribution in [0.5, 0.6) is 11.6 Å². The number of fused-ring (bicyclic) bond motifs is 1. The van der Waals surface area contributed by atoms with Crippen molar-refractivity contribution in [1.82, 2.24) is 9.97 Å². The number of hydrogen-bond donors (Lipinski definition) is 1. The van der Waals surface area contributed by atoms with E-state index in [0.29, 0.717) is 17.3 Å². The molecule has 3 aromatic rings. The molecular formula is C15H13N3O. The standard InChI is InChI=1S/C15H13N3O/c1-10-13(16)6-7-15(18-10)19-12-8-11-4-2-3-5-14(11)17-9-12/h2-9H,16H2,1H3. The highest BCUT2D eigenvalue weighted by Gasteiger charge is 2.03. The number of aromatic nitrogens is 2. The topological polar surface area (TPSA) is 61.0 Å². The Bertz CT molecular complexity index is 740. The van der Waals surface area contributed by atoms with Gasteiger partial charge in [0.05, 0.1) is 23.1 Å². The molecule has 0 saturated carbocycles. The summed E-state index contributed by atoms with van der Waals surface area (Å²) in [4.78, 5) is 8.61. The summed E-state index contributed by atoms with van der Waals surface area (Å²) >= 11 is 0. The van der Waals surface area contributed by atoms with Crippen LogP contribution in [0.2, 0.25) is 0 Å². The molecule has 0 spiro atoms. The highest BCUT2D eigenvalue weighted by Crippen LogP contribution is 2.23. The molecule has 4 nitrogen and oxygen atoms in total. The Balaban J connectivity index is 1.94. The first-order valence-corrected chi connectivity index (χ1v) is 5.98. The van der Waals surface area contributed by atoms with Gasteiger partial charge in [-0.1, -0.05) is 18.2 Å². The van der Waals surface area contributed by atoms with Gasteiger partial charge in [0.1, 0.15) is 5.75 Å². The summed E-state index contributed by atoms with van der Waals surface area (Å²) in [5.41, 5.74) is 8.08. The molecule has 4 heteroatoms. The summed E-state index contributed by atoms with van der Waals surface area (Å²) in [6.07, 6.45) is 1.69. The van der Waals surface area contributed by atoms with Crippen LogP contribution in [0.15, 0.2) is 48.7 Å². The largest absolute Gasteiger partial charge is 0.437 e. The minimum atomic E-state index is 0.517. The summed E-state index contributed by atoms with van der Waals surface area (Å²) in [7, 11) is 0. The fraction of sp³-hybridized carbons (Fsp3) is 0.0667. The summed E-state index contributed by atoms with van der Waals surface area (Å²) in [5.74, 6) is 1.18. The van der Waals surface area contributed by atoms with Crippen molar-refractivity contribution in [2.24, 2.45) is 0 Å². The van der Waals surface area contributed by atoms with Gasteiger partial charge in [-0.05, 0) is 25.1 Å². The minimum absolute atomic E-state index is 0.517. The van der Waals surface area contributed by atoms with Crippen LogP contribution in [0.3, 0.4) is 0 Å². The molecule has 0 fully saturated rings. The van der Waals surface area contributed by atoms with Crippen LogP contribution < -0.4 is 10.5 Å². The number of nitrogens with two attached hydrogens (primary N) is 1. The van der Waals surface area contributed by atoms with Crippen LogP contribution in [0.25, 0.3) is 10.9 Å². The van der Waals surface area contributed by atoms with Crippen molar-refractivity contribution in [1.29, 1.82) is 0 Å². The minimum Gasteiger partial charge on any atom is -0.437 e. The number of nitrogens with zero attached hydrogens (tertiary/aromatic N) is 2. The van der Waals surface area contributed by atoms with Crippen molar-refractivity contribution in [3.8, 4) is 11.6 Å². The van der Waals surface area contributed by atoms with Crippen LogP contribution >= 0.6 is 0 Å². The zero-order valence-electron chi connectivity index (χ0n) is 10.5. The molecule has 3 rings (SSSR count). The van der Waals surface area contributed by atoms with E-state index >= 15 is 0 Å². The zero-order valence-corrected chi connectivity index (χ0v) is 10.5.